The first-order valence-electron chi connectivity index (χ1n) is 6.52. The van der Waals surface area contributed by atoms with Crippen molar-refractivity contribution in [1.29, 1.82) is 0 Å². The zero-order valence-electron chi connectivity index (χ0n) is 11.6. The maximum atomic E-state index is 5.16. The van der Waals surface area contributed by atoms with Gasteiger partial charge in [-0.15, -0.1) is 0 Å². The summed E-state index contributed by atoms with van der Waals surface area (Å²) in [6.07, 6.45) is 1.25. The molecule has 100 valence electrons. The van der Waals surface area contributed by atoms with E-state index < -0.39 is 0 Å². The summed E-state index contributed by atoms with van der Waals surface area (Å²) in [5.41, 5.74) is 1.48. The van der Waals surface area contributed by atoms with Crippen LogP contribution in [0, 0.1) is 5.41 Å². The average Bonchev–Trinajstić information content (AvgIpc) is 2.71. The standard InChI is InChI=1S/C14H23N3O/c1-14(10-15-2)7-8-17(11-14)9-12-5-4-6-13(16-12)18-3/h4-6,15H,7-11H2,1-3H3. The molecule has 1 atom stereocenters. The fraction of sp³-hybridized carbons (Fsp3) is 0.643. The van der Waals surface area contributed by atoms with Crippen LogP contribution >= 0.6 is 0 Å². The van der Waals surface area contributed by atoms with Gasteiger partial charge in [0.1, 0.15) is 0 Å². The van der Waals surface area contributed by atoms with E-state index in [4.69, 9.17) is 4.74 Å². The lowest BCUT2D eigenvalue weighted by Crippen LogP contribution is -2.33. The van der Waals surface area contributed by atoms with E-state index in [1.165, 1.54) is 6.42 Å². The number of methoxy groups -OCH3 is 1. The Morgan fingerprint density at radius 1 is 1.50 bits per heavy atom. The molecule has 0 amide bonds. The van der Waals surface area contributed by atoms with Crippen LogP contribution in [-0.4, -0.2) is 43.7 Å². The van der Waals surface area contributed by atoms with Gasteiger partial charge in [-0.1, -0.05) is 13.0 Å². The molecule has 2 heterocycles. The number of rotatable bonds is 5. The van der Waals surface area contributed by atoms with Crippen molar-refractivity contribution in [3.63, 3.8) is 0 Å². The first kappa shape index (κ1) is 13.3. The molecule has 1 aliphatic rings. The van der Waals surface area contributed by atoms with Gasteiger partial charge in [-0.3, -0.25) is 4.90 Å². The van der Waals surface area contributed by atoms with Crippen LogP contribution in [0.1, 0.15) is 19.0 Å². The number of hydrogen-bond acceptors (Lipinski definition) is 4. The molecular weight excluding hydrogens is 226 g/mol. The molecule has 4 heteroatoms. The Kier molecular flexibility index (Phi) is 4.19. The Morgan fingerprint density at radius 2 is 2.33 bits per heavy atom. The van der Waals surface area contributed by atoms with Crippen molar-refractivity contribution < 1.29 is 4.74 Å². The lowest BCUT2D eigenvalue weighted by molar-refractivity contribution is 0.262. The number of ether oxygens (including phenoxy) is 1. The van der Waals surface area contributed by atoms with Gasteiger partial charge in [-0.25, -0.2) is 4.98 Å². The van der Waals surface area contributed by atoms with Crippen molar-refractivity contribution in [2.75, 3.05) is 33.8 Å². The fourth-order valence-electron chi connectivity index (χ4n) is 2.72. The summed E-state index contributed by atoms with van der Waals surface area (Å²) in [7, 11) is 3.68. The third-order valence-electron chi connectivity index (χ3n) is 3.62. The number of likely N-dealkylation sites (tertiary alicyclic amines) is 1. The zero-order valence-corrected chi connectivity index (χ0v) is 11.6. The molecule has 0 radical (unpaired) electrons. The first-order chi connectivity index (χ1) is 8.65. The zero-order chi connectivity index (χ0) is 13.0. The molecule has 1 N–H and O–H groups in total. The molecule has 1 aromatic rings. The van der Waals surface area contributed by atoms with Gasteiger partial charge in [0.15, 0.2) is 0 Å². The van der Waals surface area contributed by atoms with Crippen LogP contribution in [0.5, 0.6) is 5.88 Å². The van der Waals surface area contributed by atoms with Gasteiger partial charge in [0.05, 0.1) is 12.8 Å². The van der Waals surface area contributed by atoms with Gasteiger partial charge in [-0.05, 0) is 31.5 Å². The molecule has 0 spiro atoms. The Labute approximate surface area is 109 Å². The second-order valence-electron chi connectivity index (χ2n) is 5.47. The van der Waals surface area contributed by atoms with Gasteiger partial charge in [0.2, 0.25) is 5.88 Å². The summed E-state index contributed by atoms with van der Waals surface area (Å²) in [5, 5.41) is 3.29. The van der Waals surface area contributed by atoms with E-state index in [0.29, 0.717) is 11.3 Å². The molecule has 0 bridgehead atoms. The van der Waals surface area contributed by atoms with E-state index in [2.05, 4.69) is 28.2 Å². The number of hydrogen-bond donors (Lipinski definition) is 1. The first-order valence-corrected chi connectivity index (χ1v) is 6.52. The van der Waals surface area contributed by atoms with Crippen LogP contribution in [0.3, 0.4) is 0 Å². The molecule has 0 aliphatic carbocycles. The van der Waals surface area contributed by atoms with Crippen molar-refractivity contribution in [1.82, 2.24) is 15.2 Å². The lowest BCUT2D eigenvalue weighted by Gasteiger charge is -2.24. The number of nitrogens with one attached hydrogen (secondary N) is 1. The smallest absolute Gasteiger partial charge is 0.213 e. The maximum Gasteiger partial charge on any atom is 0.213 e. The van der Waals surface area contributed by atoms with E-state index in [0.717, 1.165) is 31.9 Å². The maximum absolute atomic E-state index is 5.16. The van der Waals surface area contributed by atoms with Crippen molar-refractivity contribution >= 4 is 0 Å². The van der Waals surface area contributed by atoms with Crippen molar-refractivity contribution in [3.8, 4) is 5.88 Å². The largest absolute Gasteiger partial charge is 0.481 e. The second-order valence-corrected chi connectivity index (χ2v) is 5.47. The fourth-order valence-corrected chi connectivity index (χ4v) is 2.72. The highest BCUT2D eigenvalue weighted by Gasteiger charge is 2.32. The average molecular weight is 249 g/mol. The van der Waals surface area contributed by atoms with Crippen LogP contribution in [0.15, 0.2) is 18.2 Å². The van der Waals surface area contributed by atoms with Gasteiger partial charge in [0.25, 0.3) is 0 Å². The SMILES string of the molecule is CNCC1(C)CCN(Cc2cccc(OC)n2)C1. The molecule has 4 nitrogen and oxygen atoms in total. The molecule has 1 aromatic heterocycles. The Morgan fingerprint density at radius 3 is 3.06 bits per heavy atom. The Hall–Kier alpha value is -1.13. The van der Waals surface area contributed by atoms with E-state index in [1.54, 1.807) is 7.11 Å². The van der Waals surface area contributed by atoms with E-state index >= 15 is 0 Å². The summed E-state index contributed by atoms with van der Waals surface area (Å²) in [4.78, 5) is 6.94. The third kappa shape index (κ3) is 3.21. The van der Waals surface area contributed by atoms with Crippen molar-refractivity contribution in [2.45, 2.75) is 19.9 Å². The van der Waals surface area contributed by atoms with E-state index in [9.17, 15) is 0 Å². The molecular formula is C14H23N3O. The van der Waals surface area contributed by atoms with Crippen LogP contribution in [0.25, 0.3) is 0 Å². The molecule has 0 aromatic carbocycles. The predicted octanol–water partition coefficient (Wildman–Crippen LogP) is 1.52. The summed E-state index contributed by atoms with van der Waals surface area (Å²) in [6, 6.07) is 5.96. The Bertz CT molecular complexity index is 396. The number of pyridine rings is 1. The minimum Gasteiger partial charge on any atom is -0.481 e. The summed E-state index contributed by atoms with van der Waals surface area (Å²) in [6.45, 7) is 6.62. The minimum atomic E-state index is 0.396. The minimum absolute atomic E-state index is 0.396. The Balaban J connectivity index is 1.94. The van der Waals surface area contributed by atoms with E-state index in [1.807, 2.05) is 19.2 Å². The molecule has 2 rings (SSSR count). The van der Waals surface area contributed by atoms with Crippen molar-refractivity contribution in [3.05, 3.63) is 23.9 Å². The normalized spacial score (nSPS) is 24.4. The molecule has 1 unspecified atom stereocenters. The summed E-state index contributed by atoms with van der Waals surface area (Å²) < 4.78 is 5.16. The quantitative estimate of drug-likeness (QED) is 0.858. The van der Waals surface area contributed by atoms with Gasteiger partial charge < -0.3 is 10.1 Å². The van der Waals surface area contributed by atoms with Crippen LogP contribution in [-0.2, 0) is 6.54 Å². The number of nitrogens with zero attached hydrogens (tertiary/aromatic N) is 2. The topological polar surface area (TPSA) is 37.4 Å². The van der Waals surface area contributed by atoms with Crippen molar-refractivity contribution in [2.24, 2.45) is 5.41 Å². The predicted molar refractivity (Wildman–Crippen MR) is 72.7 cm³/mol. The third-order valence-corrected chi connectivity index (χ3v) is 3.62. The highest BCUT2D eigenvalue weighted by molar-refractivity contribution is 5.15. The van der Waals surface area contributed by atoms with Gasteiger partial charge in [0, 0.05) is 25.7 Å². The van der Waals surface area contributed by atoms with Crippen LogP contribution in [0.4, 0.5) is 0 Å². The summed E-state index contributed by atoms with van der Waals surface area (Å²) >= 11 is 0. The van der Waals surface area contributed by atoms with Crippen LogP contribution in [0.2, 0.25) is 0 Å². The highest BCUT2D eigenvalue weighted by Crippen LogP contribution is 2.29. The van der Waals surface area contributed by atoms with E-state index in [-0.39, 0.29) is 0 Å². The second kappa shape index (κ2) is 5.67. The molecule has 0 saturated carbocycles. The van der Waals surface area contributed by atoms with Crippen LogP contribution < -0.4 is 10.1 Å². The highest BCUT2D eigenvalue weighted by atomic mass is 16.5. The molecule has 18 heavy (non-hydrogen) atoms. The molecule has 1 saturated heterocycles. The monoisotopic (exact) mass is 249 g/mol. The number of aromatic nitrogens is 1. The lowest BCUT2D eigenvalue weighted by atomic mass is 9.90. The van der Waals surface area contributed by atoms with Gasteiger partial charge in [-0.2, -0.15) is 0 Å². The van der Waals surface area contributed by atoms with Gasteiger partial charge >= 0.3 is 0 Å². The molecule has 1 fully saturated rings. The molecule has 1 aliphatic heterocycles. The summed E-state index contributed by atoms with van der Waals surface area (Å²) in [5.74, 6) is 0.699.